The summed E-state index contributed by atoms with van der Waals surface area (Å²) in [6.07, 6.45) is 5.50. The van der Waals surface area contributed by atoms with Gasteiger partial charge in [-0.25, -0.2) is 4.79 Å². The fourth-order valence-corrected chi connectivity index (χ4v) is 2.48. The third-order valence-corrected chi connectivity index (χ3v) is 3.66. The van der Waals surface area contributed by atoms with E-state index in [1.54, 1.807) is 6.08 Å². The first-order valence-electron chi connectivity index (χ1n) is 6.86. The Kier molecular flexibility index (Phi) is 4.56. The van der Waals surface area contributed by atoms with Crippen LogP contribution in [0.5, 0.6) is 0 Å². The van der Waals surface area contributed by atoms with Crippen molar-refractivity contribution >= 4 is 18.0 Å². The second-order valence-electron chi connectivity index (χ2n) is 5.07. The van der Waals surface area contributed by atoms with E-state index >= 15 is 0 Å². The zero-order valence-electron chi connectivity index (χ0n) is 11.6. The maximum absolute atomic E-state index is 12.2. The largest absolute Gasteiger partial charge is 0.480 e. The van der Waals surface area contributed by atoms with E-state index in [1.807, 2.05) is 31.2 Å². The highest BCUT2D eigenvalue weighted by Gasteiger charge is 2.30. The Morgan fingerprint density at radius 3 is 2.75 bits per heavy atom. The minimum atomic E-state index is -0.914. The molecule has 1 N–H and O–H groups in total. The first kappa shape index (κ1) is 14.3. The number of hydrogen-bond donors (Lipinski definition) is 1. The molecule has 1 aliphatic heterocycles. The van der Waals surface area contributed by atoms with Gasteiger partial charge in [-0.2, -0.15) is 0 Å². The van der Waals surface area contributed by atoms with Crippen LogP contribution in [0.3, 0.4) is 0 Å². The lowest BCUT2D eigenvalue weighted by Gasteiger charge is -2.32. The van der Waals surface area contributed by atoms with Crippen molar-refractivity contribution in [3.8, 4) is 0 Å². The molecule has 4 heteroatoms. The Morgan fingerprint density at radius 1 is 1.30 bits per heavy atom. The molecule has 0 aromatic heterocycles. The first-order chi connectivity index (χ1) is 9.59. The van der Waals surface area contributed by atoms with Gasteiger partial charge in [0.05, 0.1) is 0 Å². The molecular weight excluding hydrogens is 254 g/mol. The Morgan fingerprint density at radius 2 is 2.05 bits per heavy atom. The van der Waals surface area contributed by atoms with Crippen LogP contribution < -0.4 is 0 Å². The van der Waals surface area contributed by atoms with Gasteiger partial charge in [0.15, 0.2) is 0 Å². The minimum Gasteiger partial charge on any atom is -0.480 e. The average Bonchev–Trinajstić information content (AvgIpc) is 2.46. The van der Waals surface area contributed by atoms with Gasteiger partial charge in [0.25, 0.3) is 0 Å². The summed E-state index contributed by atoms with van der Waals surface area (Å²) < 4.78 is 0. The molecule has 106 valence electrons. The zero-order chi connectivity index (χ0) is 14.5. The zero-order valence-corrected chi connectivity index (χ0v) is 11.6. The summed E-state index contributed by atoms with van der Waals surface area (Å²) in [5.41, 5.74) is 2.06. The molecular formula is C16H19NO3. The van der Waals surface area contributed by atoms with Crippen molar-refractivity contribution in [2.75, 3.05) is 6.54 Å². The van der Waals surface area contributed by atoms with Gasteiger partial charge in [-0.15, -0.1) is 0 Å². The van der Waals surface area contributed by atoms with E-state index in [0.29, 0.717) is 13.0 Å². The highest BCUT2D eigenvalue weighted by Crippen LogP contribution is 2.18. The van der Waals surface area contributed by atoms with E-state index in [0.717, 1.165) is 24.0 Å². The molecule has 0 radical (unpaired) electrons. The predicted octanol–water partition coefficient (Wildman–Crippen LogP) is 2.47. The normalized spacial score (nSPS) is 19.2. The predicted molar refractivity (Wildman–Crippen MR) is 77.2 cm³/mol. The molecule has 1 fully saturated rings. The smallest absolute Gasteiger partial charge is 0.326 e. The molecule has 1 aliphatic rings. The second-order valence-corrected chi connectivity index (χ2v) is 5.07. The molecule has 1 unspecified atom stereocenters. The Labute approximate surface area is 118 Å². The fourth-order valence-electron chi connectivity index (χ4n) is 2.48. The number of rotatable bonds is 3. The molecule has 20 heavy (non-hydrogen) atoms. The van der Waals surface area contributed by atoms with Crippen LogP contribution in [0.4, 0.5) is 0 Å². The van der Waals surface area contributed by atoms with Crippen LogP contribution in [-0.2, 0) is 9.59 Å². The summed E-state index contributed by atoms with van der Waals surface area (Å²) >= 11 is 0. The van der Waals surface area contributed by atoms with E-state index in [2.05, 4.69) is 0 Å². The number of benzene rings is 1. The summed E-state index contributed by atoms with van der Waals surface area (Å²) in [6, 6.07) is 7.09. The van der Waals surface area contributed by atoms with Crippen LogP contribution in [0, 0.1) is 6.92 Å². The van der Waals surface area contributed by atoms with Crippen LogP contribution in [0.2, 0.25) is 0 Å². The van der Waals surface area contributed by atoms with Crippen molar-refractivity contribution in [3.63, 3.8) is 0 Å². The number of piperidine rings is 1. The number of carboxylic acids is 1. The standard InChI is InChI=1S/C16H19NO3/c1-12-6-2-3-7-13(12)9-10-15(18)17-11-5-4-8-14(17)16(19)20/h2-3,6-7,9-10,14H,4-5,8,11H2,1H3,(H,19,20)/b10-9+. The molecule has 1 aromatic rings. The Bertz CT molecular complexity index is 536. The van der Waals surface area contributed by atoms with Gasteiger partial charge < -0.3 is 10.0 Å². The molecule has 0 bridgehead atoms. The molecule has 1 saturated heterocycles. The van der Waals surface area contributed by atoms with Gasteiger partial charge >= 0.3 is 5.97 Å². The number of carbonyl (C=O) groups is 2. The molecule has 4 nitrogen and oxygen atoms in total. The van der Waals surface area contributed by atoms with Gasteiger partial charge in [-0.05, 0) is 43.4 Å². The molecule has 2 rings (SSSR count). The van der Waals surface area contributed by atoms with E-state index in [4.69, 9.17) is 5.11 Å². The maximum atomic E-state index is 12.2. The van der Waals surface area contributed by atoms with Crippen molar-refractivity contribution in [3.05, 3.63) is 41.5 Å². The number of amides is 1. The van der Waals surface area contributed by atoms with E-state index in [1.165, 1.54) is 11.0 Å². The van der Waals surface area contributed by atoms with Crippen molar-refractivity contribution < 1.29 is 14.7 Å². The Balaban J connectivity index is 2.10. The second kappa shape index (κ2) is 6.37. The number of nitrogens with zero attached hydrogens (tertiary/aromatic N) is 1. The van der Waals surface area contributed by atoms with E-state index in [-0.39, 0.29) is 5.91 Å². The maximum Gasteiger partial charge on any atom is 0.326 e. The number of aryl methyl sites for hydroxylation is 1. The number of carboxylic acid groups (broad SMARTS) is 1. The van der Waals surface area contributed by atoms with Crippen LogP contribution in [-0.4, -0.2) is 34.5 Å². The van der Waals surface area contributed by atoms with Crippen LogP contribution in [0.1, 0.15) is 30.4 Å². The van der Waals surface area contributed by atoms with Crippen molar-refractivity contribution in [2.24, 2.45) is 0 Å². The third kappa shape index (κ3) is 3.26. The molecule has 1 amide bonds. The summed E-state index contributed by atoms with van der Waals surface area (Å²) in [5.74, 6) is -1.14. The molecule has 1 heterocycles. The summed E-state index contributed by atoms with van der Waals surface area (Å²) in [7, 11) is 0. The average molecular weight is 273 g/mol. The van der Waals surface area contributed by atoms with Crippen LogP contribution in [0.15, 0.2) is 30.3 Å². The van der Waals surface area contributed by atoms with E-state index in [9.17, 15) is 9.59 Å². The summed E-state index contributed by atoms with van der Waals surface area (Å²) in [4.78, 5) is 24.8. The molecule has 0 aliphatic carbocycles. The third-order valence-electron chi connectivity index (χ3n) is 3.66. The fraction of sp³-hybridized carbons (Fsp3) is 0.375. The summed E-state index contributed by atoms with van der Waals surface area (Å²) in [5, 5.41) is 9.17. The molecule has 1 aromatic carbocycles. The van der Waals surface area contributed by atoms with E-state index < -0.39 is 12.0 Å². The number of hydrogen-bond acceptors (Lipinski definition) is 2. The Hall–Kier alpha value is -2.10. The van der Waals surface area contributed by atoms with Gasteiger partial charge in [-0.3, -0.25) is 4.79 Å². The number of aliphatic carboxylic acids is 1. The SMILES string of the molecule is Cc1ccccc1/C=C/C(=O)N1CCCCC1C(=O)O. The van der Waals surface area contributed by atoms with Gasteiger partial charge in [0.1, 0.15) is 6.04 Å². The minimum absolute atomic E-state index is 0.222. The monoisotopic (exact) mass is 273 g/mol. The quantitative estimate of drug-likeness (QED) is 0.861. The van der Waals surface area contributed by atoms with Crippen molar-refractivity contribution in [2.45, 2.75) is 32.2 Å². The highest BCUT2D eigenvalue weighted by atomic mass is 16.4. The highest BCUT2D eigenvalue weighted by molar-refractivity contribution is 5.94. The number of carbonyl (C=O) groups excluding carboxylic acids is 1. The molecule has 1 atom stereocenters. The lowest BCUT2D eigenvalue weighted by molar-refractivity contribution is -0.150. The van der Waals surface area contributed by atoms with Gasteiger partial charge in [0, 0.05) is 12.6 Å². The molecule has 0 spiro atoms. The van der Waals surface area contributed by atoms with Crippen LogP contribution in [0.25, 0.3) is 6.08 Å². The lowest BCUT2D eigenvalue weighted by Crippen LogP contribution is -2.47. The number of likely N-dealkylation sites (tertiary alicyclic amines) is 1. The first-order valence-corrected chi connectivity index (χ1v) is 6.86. The molecule has 0 saturated carbocycles. The van der Waals surface area contributed by atoms with Gasteiger partial charge in [0.2, 0.25) is 5.91 Å². The van der Waals surface area contributed by atoms with Gasteiger partial charge in [-0.1, -0.05) is 24.3 Å². The lowest BCUT2D eigenvalue weighted by atomic mass is 10.0. The topological polar surface area (TPSA) is 57.6 Å². The van der Waals surface area contributed by atoms with Crippen LogP contribution >= 0.6 is 0 Å². The van der Waals surface area contributed by atoms with Crippen molar-refractivity contribution in [1.82, 2.24) is 4.90 Å². The van der Waals surface area contributed by atoms with Crippen molar-refractivity contribution in [1.29, 1.82) is 0 Å². The summed E-state index contributed by atoms with van der Waals surface area (Å²) in [6.45, 7) is 2.50.